The van der Waals surface area contributed by atoms with E-state index in [2.05, 4.69) is 41.5 Å². The SMILES string of the molecule is CC12CCC3C(CCC4CC=CCC43C)C1CC/C2=N\NC(=O)c1ccncc1. The molecule has 1 amide bonds. The Morgan fingerprint density at radius 1 is 1.10 bits per heavy atom. The number of pyridine rings is 1. The van der Waals surface area contributed by atoms with Crippen LogP contribution in [0.4, 0.5) is 0 Å². The molecule has 1 aromatic rings. The fraction of sp³-hybridized carbons (Fsp3) is 0.640. The number of carbonyl (C=O) groups excluding carboxylic acids is 1. The molecule has 3 fully saturated rings. The zero-order valence-electron chi connectivity index (χ0n) is 17.7. The predicted molar refractivity (Wildman–Crippen MR) is 115 cm³/mol. The summed E-state index contributed by atoms with van der Waals surface area (Å²) in [6.45, 7) is 5.01. The monoisotopic (exact) mass is 391 g/mol. The van der Waals surface area contributed by atoms with E-state index >= 15 is 0 Å². The third-order valence-corrected chi connectivity index (χ3v) is 9.19. The van der Waals surface area contributed by atoms with Crippen molar-refractivity contribution in [2.24, 2.45) is 39.6 Å². The van der Waals surface area contributed by atoms with Gasteiger partial charge in [0.25, 0.3) is 5.91 Å². The summed E-state index contributed by atoms with van der Waals surface area (Å²) in [6, 6.07) is 3.47. The maximum atomic E-state index is 12.4. The van der Waals surface area contributed by atoms with Crippen LogP contribution in [0.25, 0.3) is 0 Å². The standard InChI is InChI=1S/C25H33N3O/c1-24-13-4-3-5-18(24)6-7-19-20-8-9-22(25(20,2)14-10-21(19)24)27-28-23(29)17-11-15-26-16-12-17/h3-4,11-12,15-16,18-21H,5-10,13-14H2,1-2H3,(H,28,29)/b27-22+. The highest BCUT2D eigenvalue weighted by Gasteiger charge is 2.58. The Bertz CT molecular complexity index is 847. The van der Waals surface area contributed by atoms with Crippen LogP contribution in [0.15, 0.2) is 41.8 Å². The van der Waals surface area contributed by atoms with Gasteiger partial charge in [0.2, 0.25) is 0 Å². The number of carbonyl (C=O) groups is 1. The van der Waals surface area contributed by atoms with Gasteiger partial charge in [0, 0.05) is 29.1 Å². The van der Waals surface area contributed by atoms with Gasteiger partial charge in [-0.3, -0.25) is 9.78 Å². The minimum absolute atomic E-state index is 0.136. The molecule has 1 N–H and O–H groups in total. The van der Waals surface area contributed by atoms with Crippen molar-refractivity contribution in [3.8, 4) is 0 Å². The van der Waals surface area contributed by atoms with E-state index in [0.29, 0.717) is 11.0 Å². The zero-order chi connectivity index (χ0) is 20.1. The predicted octanol–water partition coefficient (Wildman–Crippen LogP) is 5.38. The molecule has 0 saturated heterocycles. The van der Waals surface area contributed by atoms with E-state index in [0.717, 1.165) is 30.1 Å². The van der Waals surface area contributed by atoms with Crippen LogP contribution in [0, 0.1) is 34.5 Å². The van der Waals surface area contributed by atoms with Gasteiger partial charge in [-0.05, 0) is 92.6 Å². The Kier molecular flexibility index (Phi) is 4.64. The Balaban J connectivity index is 1.35. The smallest absolute Gasteiger partial charge is 0.267 e. The molecule has 1 aromatic heterocycles. The van der Waals surface area contributed by atoms with Crippen LogP contribution < -0.4 is 5.43 Å². The van der Waals surface area contributed by atoms with Crippen molar-refractivity contribution in [1.82, 2.24) is 10.4 Å². The number of amides is 1. The number of fused-ring (bicyclic) bond motifs is 5. The first kappa shape index (κ1) is 19.0. The molecule has 0 aliphatic heterocycles. The highest BCUT2D eigenvalue weighted by atomic mass is 16.2. The zero-order valence-corrected chi connectivity index (χ0v) is 17.7. The topological polar surface area (TPSA) is 54.4 Å². The lowest BCUT2D eigenvalue weighted by molar-refractivity contribution is -0.0761. The summed E-state index contributed by atoms with van der Waals surface area (Å²) in [5.41, 5.74) is 5.32. The molecule has 1 heterocycles. The fourth-order valence-corrected chi connectivity index (χ4v) is 7.50. The number of allylic oxidation sites excluding steroid dienone is 2. The summed E-state index contributed by atoms with van der Waals surface area (Å²) in [4.78, 5) is 16.4. The number of hydrogen-bond donors (Lipinski definition) is 1. The van der Waals surface area contributed by atoms with Crippen LogP contribution in [0.1, 0.15) is 75.6 Å². The van der Waals surface area contributed by atoms with Crippen molar-refractivity contribution < 1.29 is 4.79 Å². The molecule has 6 unspecified atom stereocenters. The molecule has 3 saturated carbocycles. The number of nitrogens with one attached hydrogen (secondary N) is 1. The van der Waals surface area contributed by atoms with Crippen LogP contribution in [-0.4, -0.2) is 16.6 Å². The lowest BCUT2D eigenvalue weighted by Crippen LogP contribution is -2.52. The van der Waals surface area contributed by atoms with Crippen LogP contribution in [0.3, 0.4) is 0 Å². The van der Waals surface area contributed by atoms with Crippen molar-refractivity contribution in [2.75, 3.05) is 0 Å². The van der Waals surface area contributed by atoms with E-state index in [9.17, 15) is 4.79 Å². The number of hydrazone groups is 1. The Labute approximate surface area is 174 Å². The maximum absolute atomic E-state index is 12.4. The molecule has 4 aliphatic rings. The Morgan fingerprint density at radius 2 is 1.93 bits per heavy atom. The summed E-state index contributed by atoms with van der Waals surface area (Å²) < 4.78 is 0. The van der Waals surface area contributed by atoms with E-state index in [1.54, 1.807) is 24.5 Å². The van der Waals surface area contributed by atoms with E-state index in [1.807, 2.05) is 0 Å². The van der Waals surface area contributed by atoms with Crippen LogP contribution >= 0.6 is 0 Å². The molecule has 154 valence electrons. The quantitative estimate of drug-likeness (QED) is 0.544. The first-order valence-corrected chi connectivity index (χ1v) is 11.4. The summed E-state index contributed by atoms with van der Waals surface area (Å²) in [6.07, 6.45) is 18.3. The molecule has 4 heteroatoms. The first-order chi connectivity index (χ1) is 14.0. The molecule has 0 aromatic carbocycles. The fourth-order valence-electron chi connectivity index (χ4n) is 7.50. The number of rotatable bonds is 2. The highest BCUT2D eigenvalue weighted by Crippen LogP contribution is 2.64. The molecule has 29 heavy (non-hydrogen) atoms. The average molecular weight is 392 g/mol. The van der Waals surface area contributed by atoms with Crippen molar-refractivity contribution >= 4 is 11.6 Å². The molecule has 6 atom stereocenters. The second kappa shape index (κ2) is 7.07. The molecular weight excluding hydrogens is 358 g/mol. The van der Waals surface area contributed by atoms with Gasteiger partial charge in [-0.1, -0.05) is 26.0 Å². The Hall–Kier alpha value is -1.97. The van der Waals surface area contributed by atoms with Crippen LogP contribution in [-0.2, 0) is 0 Å². The molecule has 0 spiro atoms. The number of hydrogen-bond acceptors (Lipinski definition) is 3. The minimum Gasteiger partial charge on any atom is -0.267 e. The van der Waals surface area contributed by atoms with E-state index in [4.69, 9.17) is 0 Å². The third kappa shape index (κ3) is 2.98. The maximum Gasteiger partial charge on any atom is 0.271 e. The number of nitrogens with zero attached hydrogens (tertiary/aromatic N) is 2. The summed E-state index contributed by atoms with van der Waals surface area (Å²) in [7, 11) is 0. The van der Waals surface area contributed by atoms with Gasteiger partial charge in [0.05, 0.1) is 0 Å². The van der Waals surface area contributed by atoms with Crippen LogP contribution in [0.2, 0.25) is 0 Å². The normalized spacial score (nSPS) is 42.1. The van der Waals surface area contributed by atoms with Gasteiger partial charge in [0.15, 0.2) is 0 Å². The second-order valence-electron chi connectivity index (χ2n) is 10.3. The average Bonchev–Trinajstić information content (AvgIpc) is 3.08. The van der Waals surface area contributed by atoms with Crippen molar-refractivity contribution in [3.05, 3.63) is 42.2 Å². The third-order valence-electron chi connectivity index (χ3n) is 9.19. The van der Waals surface area contributed by atoms with Crippen LogP contribution in [0.5, 0.6) is 0 Å². The lowest BCUT2D eigenvalue weighted by Gasteiger charge is -2.59. The highest BCUT2D eigenvalue weighted by molar-refractivity contribution is 5.97. The Morgan fingerprint density at radius 3 is 2.76 bits per heavy atom. The summed E-state index contributed by atoms with van der Waals surface area (Å²) in [5.74, 6) is 3.15. The van der Waals surface area contributed by atoms with Crippen molar-refractivity contribution in [1.29, 1.82) is 0 Å². The molecule has 0 radical (unpaired) electrons. The second-order valence-corrected chi connectivity index (χ2v) is 10.3. The van der Waals surface area contributed by atoms with Crippen molar-refractivity contribution in [2.45, 2.75) is 65.2 Å². The molecule has 5 rings (SSSR count). The first-order valence-electron chi connectivity index (χ1n) is 11.4. The summed E-state index contributed by atoms with van der Waals surface area (Å²) >= 11 is 0. The minimum atomic E-state index is -0.136. The van der Waals surface area contributed by atoms with Gasteiger partial charge in [0.1, 0.15) is 0 Å². The van der Waals surface area contributed by atoms with E-state index < -0.39 is 0 Å². The van der Waals surface area contributed by atoms with Gasteiger partial charge in [-0.15, -0.1) is 0 Å². The largest absolute Gasteiger partial charge is 0.271 e. The number of aromatic nitrogens is 1. The molecule has 4 aliphatic carbocycles. The molecular formula is C25H33N3O. The van der Waals surface area contributed by atoms with Gasteiger partial charge in [-0.25, -0.2) is 5.43 Å². The van der Waals surface area contributed by atoms with Gasteiger partial charge in [-0.2, -0.15) is 5.10 Å². The summed E-state index contributed by atoms with van der Waals surface area (Å²) in [5, 5.41) is 4.68. The van der Waals surface area contributed by atoms with E-state index in [1.165, 1.54) is 50.7 Å². The molecule has 0 bridgehead atoms. The van der Waals surface area contributed by atoms with Crippen molar-refractivity contribution in [3.63, 3.8) is 0 Å². The lowest BCUT2D eigenvalue weighted by atomic mass is 9.46. The van der Waals surface area contributed by atoms with Gasteiger partial charge < -0.3 is 0 Å². The van der Waals surface area contributed by atoms with E-state index in [-0.39, 0.29) is 11.3 Å². The molecule has 4 nitrogen and oxygen atoms in total. The van der Waals surface area contributed by atoms with Gasteiger partial charge >= 0.3 is 0 Å².